The molecule has 27 heavy (non-hydrogen) atoms. The van der Waals surface area contributed by atoms with Gasteiger partial charge in [0.05, 0.1) is 18.5 Å². The summed E-state index contributed by atoms with van der Waals surface area (Å²) in [6.07, 6.45) is 0.938. The molecule has 1 N–H and O–H groups in total. The van der Waals surface area contributed by atoms with E-state index in [-0.39, 0.29) is 5.91 Å². The second-order valence-corrected chi connectivity index (χ2v) is 6.83. The molecule has 0 spiro atoms. The van der Waals surface area contributed by atoms with Crippen LogP contribution in [0.3, 0.4) is 0 Å². The molecule has 140 valence electrons. The van der Waals surface area contributed by atoms with E-state index in [1.807, 2.05) is 60.7 Å². The molecule has 1 amide bonds. The van der Waals surface area contributed by atoms with Crippen molar-refractivity contribution in [1.29, 1.82) is 0 Å². The number of aromatic nitrogens is 2. The van der Waals surface area contributed by atoms with Gasteiger partial charge in [-0.1, -0.05) is 44.2 Å². The summed E-state index contributed by atoms with van der Waals surface area (Å²) in [7, 11) is 1.63. The second-order valence-electron chi connectivity index (χ2n) is 6.83. The molecule has 0 radical (unpaired) electrons. The number of methoxy groups -OCH3 is 1. The average molecular weight is 363 g/mol. The maximum atomic E-state index is 12.8. The highest BCUT2D eigenvalue weighted by Crippen LogP contribution is 2.25. The summed E-state index contributed by atoms with van der Waals surface area (Å²) in [6, 6.07) is 19.2. The molecule has 5 nitrogen and oxygen atoms in total. The highest BCUT2D eigenvalue weighted by molar-refractivity contribution is 5.94. The van der Waals surface area contributed by atoms with Crippen LogP contribution in [0.4, 0.5) is 0 Å². The zero-order valence-electron chi connectivity index (χ0n) is 16.0. The first-order valence-electron chi connectivity index (χ1n) is 9.16. The maximum Gasteiger partial charge on any atom is 0.270 e. The molecule has 5 heteroatoms. The van der Waals surface area contributed by atoms with Crippen molar-refractivity contribution in [2.45, 2.75) is 20.3 Å². The van der Waals surface area contributed by atoms with Crippen molar-refractivity contribution in [3.63, 3.8) is 0 Å². The monoisotopic (exact) mass is 363 g/mol. The van der Waals surface area contributed by atoms with E-state index in [9.17, 15) is 4.79 Å². The molecule has 0 bridgehead atoms. The van der Waals surface area contributed by atoms with Crippen molar-refractivity contribution < 1.29 is 9.53 Å². The Morgan fingerprint density at radius 2 is 1.89 bits per heavy atom. The van der Waals surface area contributed by atoms with Crippen LogP contribution in [0, 0.1) is 5.92 Å². The Bertz CT molecular complexity index is 901. The first-order valence-corrected chi connectivity index (χ1v) is 9.16. The molecule has 0 saturated heterocycles. The number of carbonyl (C=O) groups is 1. The first kappa shape index (κ1) is 18.7. The van der Waals surface area contributed by atoms with Crippen LogP contribution in [-0.2, 0) is 0 Å². The van der Waals surface area contributed by atoms with Crippen LogP contribution in [0.2, 0.25) is 0 Å². The van der Waals surface area contributed by atoms with Crippen LogP contribution in [0.5, 0.6) is 5.75 Å². The van der Waals surface area contributed by atoms with Gasteiger partial charge in [0.25, 0.3) is 5.91 Å². The van der Waals surface area contributed by atoms with Gasteiger partial charge in [0.2, 0.25) is 0 Å². The molecule has 0 unspecified atom stereocenters. The van der Waals surface area contributed by atoms with Gasteiger partial charge < -0.3 is 10.1 Å². The molecule has 0 aliphatic rings. The van der Waals surface area contributed by atoms with Crippen LogP contribution >= 0.6 is 0 Å². The van der Waals surface area contributed by atoms with Crippen molar-refractivity contribution in [2.24, 2.45) is 5.92 Å². The van der Waals surface area contributed by atoms with Crippen LogP contribution in [0.15, 0.2) is 60.7 Å². The van der Waals surface area contributed by atoms with E-state index in [0.29, 0.717) is 18.2 Å². The topological polar surface area (TPSA) is 56.1 Å². The second kappa shape index (κ2) is 8.54. The number of carbonyl (C=O) groups excluding carboxylic acids is 1. The normalized spacial score (nSPS) is 10.8. The molecule has 2 aromatic carbocycles. The third-order valence-corrected chi connectivity index (χ3v) is 4.32. The number of benzene rings is 2. The minimum Gasteiger partial charge on any atom is -0.497 e. The Labute approximate surface area is 160 Å². The number of rotatable bonds is 7. The standard InChI is InChI=1S/C22H25N3O2/c1-16(2)12-13-23-22(26)21-15-20(17-8-7-11-19(14-17)27-3)24-25(21)18-9-5-4-6-10-18/h4-11,14-16H,12-13H2,1-3H3,(H,23,26). The van der Waals surface area contributed by atoms with Gasteiger partial charge >= 0.3 is 0 Å². The molecule has 0 aliphatic carbocycles. The number of hydrogen-bond donors (Lipinski definition) is 1. The number of hydrogen-bond acceptors (Lipinski definition) is 3. The molecule has 0 fully saturated rings. The van der Waals surface area contributed by atoms with E-state index < -0.39 is 0 Å². The van der Waals surface area contributed by atoms with E-state index in [1.165, 1.54) is 0 Å². The first-order chi connectivity index (χ1) is 13.1. The summed E-state index contributed by atoms with van der Waals surface area (Å²) in [5.41, 5.74) is 3.00. The van der Waals surface area contributed by atoms with Crippen molar-refractivity contribution in [2.75, 3.05) is 13.7 Å². The third-order valence-electron chi connectivity index (χ3n) is 4.32. The highest BCUT2D eigenvalue weighted by atomic mass is 16.5. The number of para-hydroxylation sites is 1. The molecular formula is C22H25N3O2. The van der Waals surface area contributed by atoms with Crippen molar-refractivity contribution in [3.8, 4) is 22.7 Å². The Kier molecular flexibility index (Phi) is 5.91. The number of ether oxygens (including phenoxy) is 1. The van der Waals surface area contributed by atoms with E-state index in [4.69, 9.17) is 9.84 Å². The van der Waals surface area contributed by atoms with E-state index in [2.05, 4.69) is 19.2 Å². The lowest BCUT2D eigenvalue weighted by Gasteiger charge is -2.09. The predicted octanol–water partition coefficient (Wildman–Crippen LogP) is 4.32. The van der Waals surface area contributed by atoms with Gasteiger partial charge in [0, 0.05) is 12.1 Å². The zero-order valence-corrected chi connectivity index (χ0v) is 16.0. The van der Waals surface area contributed by atoms with Gasteiger partial charge in [0.1, 0.15) is 11.4 Å². The highest BCUT2D eigenvalue weighted by Gasteiger charge is 2.17. The Balaban J connectivity index is 1.97. The quantitative estimate of drug-likeness (QED) is 0.680. The van der Waals surface area contributed by atoms with Crippen LogP contribution in [0.25, 0.3) is 16.9 Å². The SMILES string of the molecule is COc1cccc(-c2cc(C(=O)NCCC(C)C)n(-c3ccccc3)n2)c1. The lowest BCUT2D eigenvalue weighted by atomic mass is 10.1. The molecule has 1 heterocycles. The van der Waals surface area contributed by atoms with Crippen molar-refractivity contribution in [3.05, 3.63) is 66.4 Å². The number of nitrogens with one attached hydrogen (secondary N) is 1. The zero-order chi connectivity index (χ0) is 19.2. The van der Waals surface area contributed by atoms with Crippen LogP contribution in [0.1, 0.15) is 30.8 Å². The van der Waals surface area contributed by atoms with Crippen molar-refractivity contribution >= 4 is 5.91 Å². The van der Waals surface area contributed by atoms with Gasteiger partial charge in [0.15, 0.2) is 0 Å². The summed E-state index contributed by atoms with van der Waals surface area (Å²) in [4.78, 5) is 12.8. The van der Waals surface area contributed by atoms with E-state index >= 15 is 0 Å². The minimum atomic E-state index is -0.124. The van der Waals surface area contributed by atoms with Crippen molar-refractivity contribution in [1.82, 2.24) is 15.1 Å². The molecule has 0 atom stereocenters. The summed E-state index contributed by atoms with van der Waals surface area (Å²) >= 11 is 0. The summed E-state index contributed by atoms with van der Waals surface area (Å²) < 4.78 is 7.00. The van der Waals surface area contributed by atoms with Crippen LogP contribution in [-0.4, -0.2) is 29.3 Å². The average Bonchev–Trinajstić information content (AvgIpc) is 3.14. The number of amides is 1. The molecule has 3 aromatic rings. The fourth-order valence-electron chi connectivity index (χ4n) is 2.80. The lowest BCUT2D eigenvalue weighted by molar-refractivity contribution is 0.0944. The lowest BCUT2D eigenvalue weighted by Crippen LogP contribution is -2.27. The minimum absolute atomic E-state index is 0.124. The summed E-state index contributed by atoms with van der Waals surface area (Å²) in [5.74, 6) is 1.17. The van der Waals surface area contributed by atoms with Gasteiger partial charge in [-0.05, 0) is 42.7 Å². The number of nitrogens with zero attached hydrogens (tertiary/aromatic N) is 2. The molecule has 0 saturated carbocycles. The van der Waals surface area contributed by atoms with E-state index in [0.717, 1.165) is 29.1 Å². The largest absolute Gasteiger partial charge is 0.497 e. The molecular weight excluding hydrogens is 338 g/mol. The molecule has 0 aliphatic heterocycles. The Morgan fingerprint density at radius 1 is 1.11 bits per heavy atom. The summed E-state index contributed by atoms with van der Waals surface area (Å²) in [5, 5.41) is 7.69. The van der Waals surface area contributed by atoms with Gasteiger partial charge in [-0.2, -0.15) is 5.10 Å². The predicted molar refractivity (Wildman–Crippen MR) is 107 cm³/mol. The fraction of sp³-hybridized carbons (Fsp3) is 0.273. The Hall–Kier alpha value is -3.08. The van der Waals surface area contributed by atoms with Crippen LogP contribution < -0.4 is 10.1 Å². The maximum absolute atomic E-state index is 12.8. The summed E-state index contributed by atoms with van der Waals surface area (Å²) in [6.45, 7) is 4.92. The molecule has 3 rings (SSSR count). The van der Waals surface area contributed by atoms with Gasteiger partial charge in [-0.15, -0.1) is 0 Å². The Morgan fingerprint density at radius 3 is 2.59 bits per heavy atom. The third kappa shape index (κ3) is 4.56. The van der Waals surface area contributed by atoms with E-state index in [1.54, 1.807) is 11.8 Å². The molecule has 1 aromatic heterocycles. The smallest absolute Gasteiger partial charge is 0.270 e. The van der Waals surface area contributed by atoms with Gasteiger partial charge in [-0.25, -0.2) is 4.68 Å². The fourth-order valence-corrected chi connectivity index (χ4v) is 2.80. The van der Waals surface area contributed by atoms with Gasteiger partial charge in [-0.3, -0.25) is 4.79 Å².